The summed E-state index contributed by atoms with van der Waals surface area (Å²) in [5.41, 5.74) is 1.36. The molecule has 0 spiro atoms. The predicted molar refractivity (Wildman–Crippen MR) is 105 cm³/mol. The number of para-hydroxylation sites is 1. The molecule has 0 heterocycles. The van der Waals surface area contributed by atoms with Gasteiger partial charge < -0.3 is 5.32 Å². The summed E-state index contributed by atoms with van der Waals surface area (Å²) in [7, 11) is -3.38. The van der Waals surface area contributed by atoms with Crippen molar-refractivity contribution in [3.05, 3.63) is 54.6 Å². The van der Waals surface area contributed by atoms with Crippen LogP contribution in [0.25, 0.3) is 0 Å². The average Bonchev–Trinajstić information content (AvgIpc) is 2.58. The highest BCUT2D eigenvalue weighted by Crippen LogP contribution is 2.20. The molecule has 7 heteroatoms. The first-order chi connectivity index (χ1) is 11.9. The van der Waals surface area contributed by atoms with E-state index in [1.54, 1.807) is 36.0 Å². The summed E-state index contributed by atoms with van der Waals surface area (Å²) >= 11 is 1.61. The number of nitrogens with zero attached hydrogens (tertiary/aromatic N) is 1. The first kappa shape index (κ1) is 19.3. The minimum atomic E-state index is -3.38. The Kier molecular flexibility index (Phi) is 6.90. The van der Waals surface area contributed by atoms with E-state index in [-0.39, 0.29) is 18.9 Å². The monoisotopic (exact) mass is 378 g/mol. The van der Waals surface area contributed by atoms with Gasteiger partial charge in [-0.2, -0.15) is 0 Å². The fraction of sp³-hybridized carbons (Fsp3) is 0.278. The zero-order chi connectivity index (χ0) is 18.3. The SMILES string of the molecule is CSc1cccc(NC(=O)CCCN(c2ccccc2)S(C)(=O)=O)c1. The molecule has 0 unspecified atom stereocenters. The Bertz CT molecular complexity index is 808. The lowest BCUT2D eigenvalue weighted by Gasteiger charge is -2.22. The van der Waals surface area contributed by atoms with Gasteiger partial charge in [0.25, 0.3) is 0 Å². The highest BCUT2D eigenvalue weighted by molar-refractivity contribution is 7.98. The Morgan fingerprint density at radius 3 is 2.48 bits per heavy atom. The number of amides is 1. The van der Waals surface area contributed by atoms with Gasteiger partial charge in [0, 0.05) is 23.5 Å². The third-order valence-electron chi connectivity index (χ3n) is 3.56. The van der Waals surface area contributed by atoms with Crippen molar-refractivity contribution >= 4 is 39.1 Å². The Hall–Kier alpha value is -1.99. The molecule has 0 aliphatic carbocycles. The van der Waals surface area contributed by atoms with Crippen LogP contribution in [-0.2, 0) is 14.8 Å². The number of anilines is 2. The number of hydrogen-bond acceptors (Lipinski definition) is 4. The summed E-state index contributed by atoms with van der Waals surface area (Å²) < 4.78 is 25.3. The maximum absolute atomic E-state index is 12.1. The molecule has 0 atom stereocenters. The minimum Gasteiger partial charge on any atom is -0.326 e. The second-order valence-electron chi connectivity index (χ2n) is 5.55. The number of benzene rings is 2. The van der Waals surface area contributed by atoms with Gasteiger partial charge in [-0.15, -0.1) is 11.8 Å². The van der Waals surface area contributed by atoms with Gasteiger partial charge >= 0.3 is 0 Å². The molecular formula is C18H22N2O3S2. The standard InChI is InChI=1S/C18H22N2O3S2/c1-24-17-11-6-8-15(14-17)19-18(21)12-7-13-20(25(2,22)23)16-9-4-3-5-10-16/h3-6,8-11,14H,7,12-13H2,1-2H3,(H,19,21). The molecule has 1 N–H and O–H groups in total. The van der Waals surface area contributed by atoms with Gasteiger partial charge in [0.2, 0.25) is 15.9 Å². The fourth-order valence-electron chi connectivity index (χ4n) is 2.39. The maximum atomic E-state index is 12.1. The molecule has 0 radical (unpaired) electrons. The summed E-state index contributed by atoms with van der Waals surface area (Å²) in [6.07, 6.45) is 3.84. The van der Waals surface area contributed by atoms with Crippen LogP contribution in [0.3, 0.4) is 0 Å². The zero-order valence-electron chi connectivity index (χ0n) is 14.3. The number of nitrogens with one attached hydrogen (secondary N) is 1. The Morgan fingerprint density at radius 1 is 1.12 bits per heavy atom. The molecule has 2 aromatic rings. The molecule has 25 heavy (non-hydrogen) atoms. The fourth-order valence-corrected chi connectivity index (χ4v) is 3.81. The number of thioether (sulfide) groups is 1. The number of carbonyl (C=O) groups excluding carboxylic acids is 1. The van der Waals surface area contributed by atoms with Crippen molar-refractivity contribution in [2.24, 2.45) is 0 Å². The summed E-state index contributed by atoms with van der Waals surface area (Å²) in [5, 5.41) is 2.85. The molecule has 0 bridgehead atoms. The third-order valence-corrected chi connectivity index (χ3v) is 5.48. The highest BCUT2D eigenvalue weighted by atomic mass is 32.2. The van der Waals surface area contributed by atoms with Gasteiger partial charge in [-0.05, 0) is 43.0 Å². The summed E-state index contributed by atoms with van der Waals surface area (Å²) in [6, 6.07) is 16.5. The number of rotatable bonds is 8. The van der Waals surface area contributed by atoms with E-state index >= 15 is 0 Å². The molecule has 0 fully saturated rings. The lowest BCUT2D eigenvalue weighted by molar-refractivity contribution is -0.116. The van der Waals surface area contributed by atoms with Crippen molar-refractivity contribution in [3.63, 3.8) is 0 Å². The first-order valence-electron chi connectivity index (χ1n) is 7.87. The zero-order valence-corrected chi connectivity index (χ0v) is 15.9. The molecule has 134 valence electrons. The molecule has 0 saturated heterocycles. The lowest BCUT2D eigenvalue weighted by Crippen LogP contribution is -2.31. The average molecular weight is 379 g/mol. The van der Waals surface area contributed by atoms with Crippen molar-refractivity contribution in [2.75, 3.05) is 28.7 Å². The highest BCUT2D eigenvalue weighted by Gasteiger charge is 2.17. The Labute approximate surface area is 153 Å². The first-order valence-corrected chi connectivity index (χ1v) is 10.9. The van der Waals surface area contributed by atoms with Crippen molar-refractivity contribution < 1.29 is 13.2 Å². The van der Waals surface area contributed by atoms with E-state index in [0.29, 0.717) is 12.1 Å². The van der Waals surface area contributed by atoms with Gasteiger partial charge in [-0.3, -0.25) is 9.10 Å². The summed E-state index contributed by atoms with van der Waals surface area (Å²) in [5.74, 6) is -0.125. The molecule has 0 saturated carbocycles. The lowest BCUT2D eigenvalue weighted by atomic mass is 10.2. The molecular weight excluding hydrogens is 356 g/mol. The largest absolute Gasteiger partial charge is 0.326 e. The van der Waals surface area contributed by atoms with Gasteiger partial charge in [0.05, 0.1) is 11.9 Å². The van der Waals surface area contributed by atoms with E-state index in [9.17, 15) is 13.2 Å². The Morgan fingerprint density at radius 2 is 1.84 bits per heavy atom. The van der Waals surface area contributed by atoms with E-state index < -0.39 is 10.0 Å². The van der Waals surface area contributed by atoms with Gasteiger partial charge in [-0.1, -0.05) is 24.3 Å². The van der Waals surface area contributed by atoms with Crippen LogP contribution in [-0.4, -0.2) is 33.4 Å². The predicted octanol–water partition coefficient (Wildman–Crippen LogP) is 3.59. The van der Waals surface area contributed by atoms with Crippen LogP contribution >= 0.6 is 11.8 Å². The van der Waals surface area contributed by atoms with E-state index in [1.807, 2.05) is 36.6 Å². The van der Waals surface area contributed by atoms with Crippen LogP contribution in [0, 0.1) is 0 Å². The van der Waals surface area contributed by atoms with Crippen LogP contribution in [0.1, 0.15) is 12.8 Å². The normalized spacial score (nSPS) is 11.1. The molecule has 2 rings (SSSR count). The van der Waals surface area contributed by atoms with Crippen LogP contribution in [0.4, 0.5) is 11.4 Å². The quantitative estimate of drug-likeness (QED) is 0.713. The van der Waals surface area contributed by atoms with E-state index in [1.165, 1.54) is 10.6 Å². The molecule has 5 nitrogen and oxygen atoms in total. The molecule has 2 aromatic carbocycles. The minimum absolute atomic E-state index is 0.125. The molecule has 0 aliphatic rings. The number of hydrogen-bond donors (Lipinski definition) is 1. The van der Waals surface area contributed by atoms with Crippen LogP contribution < -0.4 is 9.62 Å². The topological polar surface area (TPSA) is 66.5 Å². The molecule has 0 aromatic heterocycles. The van der Waals surface area contributed by atoms with Crippen LogP contribution in [0.15, 0.2) is 59.5 Å². The van der Waals surface area contributed by atoms with Crippen molar-refractivity contribution in [2.45, 2.75) is 17.7 Å². The molecule has 0 aliphatic heterocycles. The summed E-state index contributed by atoms with van der Waals surface area (Å²) in [4.78, 5) is 13.2. The van der Waals surface area contributed by atoms with Gasteiger partial charge in [0.15, 0.2) is 0 Å². The second kappa shape index (κ2) is 8.92. The smallest absolute Gasteiger partial charge is 0.232 e. The number of sulfonamides is 1. The van der Waals surface area contributed by atoms with Crippen LogP contribution in [0.5, 0.6) is 0 Å². The van der Waals surface area contributed by atoms with Gasteiger partial charge in [0.1, 0.15) is 0 Å². The Balaban J connectivity index is 1.92. The third kappa shape index (κ3) is 6.10. The maximum Gasteiger partial charge on any atom is 0.232 e. The van der Waals surface area contributed by atoms with Crippen molar-refractivity contribution in [3.8, 4) is 0 Å². The van der Waals surface area contributed by atoms with Crippen LogP contribution in [0.2, 0.25) is 0 Å². The number of carbonyl (C=O) groups is 1. The van der Waals surface area contributed by atoms with E-state index in [2.05, 4.69) is 5.32 Å². The van der Waals surface area contributed by atoms with E-state index in [4.69, 9.17) is 0 Å². The van der Waals surface area contributed by atoms with E-state index in [0.717, 1.165) is 10.6 Å². The summed E-state index contributed by atoms with van der Waals surface area (Å²) in [6.45, 7) is 0.265. The van der Waals surface area contributed by atoms with Gasteiger partial charge in [-0.25, -0.2) is 8.42 Å². The van der Waals surface area contributed by atoms with Crippen molar-refractivity contribution in [1.29, 1.82) is 0 Å². The molecule has 1 amide bonds. The van der Waals surface area contributed by atoms with Crippen molar-refractivity contribution in [1.82, 2.24) is 0 Å². The second-order valence-corrected chi connectivity index (χ2v) is 8.34.